The number of ether oxygens (including phenoxy) is 2. The maximum atomic E-state index is 12.2. The third-order valence-corrected chi connectivity index (χ3v) is 6.98. The summed E-state index contributed by atoms with van der Waals surface area (Å²) in [7, 11) is 1.38. The van der Waals surface area contributed by atoms with Crippen molar-refractivity contribution in [3.05, 3.63) is 45.7 Å². The lowest BCUT2D eigenvalue weighted by molar-refractivity contribution is 0.0332. The van der Waals surface area contributed by atoms with Gasteiger partial charge in [-0.2, -0.15) is 0 Å². The molecule has 2 aliphatic heterocycles. The number of hydrogen-bond acceptors (Lipinski definition) is 6. The molecule has 2 aliphatic rings. The van der Waals surface area contributed by atoms with Crippen molar-refractivity contribution in [1.82, 2.24) is 9.88 Å². The highest BCUT2D eigenvalue weighted by molar-refractivity contribution is 8.00. The number of nitrogens with zero attached hydrogens (tertiary/aromatic N) is 2. The molecule has 0 N–H and O–H groups in total. The van der Waals surface area contributed by atoms with Crippen molar-refractivity contribution in [3.8, 4) is 11.1 Å². The third-order valence-electron chi connectivity index (χ3n) is 4.83. The fourth-order valence-electron chi connectivity index (χ4n) is 3.44. The average Bonchev–Trinajstić information content (AvgIpc) is 3.15. The molecule has 1 saturated heterocycles. The molecule has 142 valence electrons. The zero-order valence-electron chi connectivity index (χ0n) is 14.7. The number of hydrogen-bond donors (Lipinski definition) is 0. The molecule has 0 bridgehead atoms. The fourth-order valence-corrected chi connectivity index (χ4v) is 5.20. The van der Waals surface area contributed by atoms with Crippen molar-refractivity contribution in [3.63, 3.8) is 0 Å². The van der Waals surface area contributed by atoms with Gasteiger partial charge in [-0.25, -0.2) is 9.78 Å². The highest BCUT2D eigenvalue weighted by Gasteiger charge is 2.34. The molecule has 0 aliphatic carbocycles. The summed E-state index contributed by atoms with van der Waals surface area (Å²) in [5, 5.41) is 1.25. The number of benzene rings is 1. The van der Waals surface area contributed by atoms with Crippen molar-refractivity contribution in [2.45, 2.75) is 16.7 Å². The zero-order valence-corrected chi connectivity index (χ0v) is 17.0. The number of halogens is 2. The smallest absolute Gasteiger partial charge is 0.357 e. The number of pyridine rings is 1. The van der Waals surface area contributed by atoms with E-state index in [0.717, 1.165) is 54.3 Å². The van der Waals surface area contributed by atoms with Crippen LogP contribution in [0.3, 0.4) is 0 Å². The van der Waals surface area contributed by atoms with Gasteiger partial charge in [-0.1, -0.05) is 29.3 Å². The molecule has 1 atom stereocenters. The van der Waals surface area contributed by atoms with Crippen LogP contribution in [0, 0.1) is 0 Å². The number of morpholine rings is 1. The first-order valence-electron chi connectivity index (χ1n) is 8.62. The Hall–Kier alpha value is -1.31. The predicted molar refractivity (Wildman–Crippen MR) is 107 cm³/mol. The quantitative estimate of drug-likeness (QED) is 0.689. The first-order chi connectivity index (χ1) is 13.1. The number of esters is 1. The molecule has 0 spiro atoms. The molecule has 0 amide bonds. The van der Waals surface area contributed by atoms with Gasteiger partial charge in [0.25, 0.3) is 0 Å². The van der Waals surface area contributed by atoms with Crippen LogP contribution < -0.4 is 0 Å². The molecular formula is C19H18Cl2N2O3S. The van der Waals surface area contributed by atoms with E-state index in [4.69, 9.17) is 32.7 Å². The van der Waals surface area contributed by atoms with Crippen LogP contribution in [0.4, 0.5) is 0 Å². The molecule has 0 radical (unpaired) electrons. The van der Waals surface area contributed by atoms with Gasteiger partial charge >= 0.3 is 5.97 Å². The maximum Gasteiger partial charge on any atom is 0.357 e. The molecule has 5 nitrogen and oxygen atoms in total. The van der Waals surface area contributed by atoms with Crippen molar-refractivity contribution >= 4 is 40.9 Å². The summed E-state index contributed by atoms with van der Waals surface area (Å²) < 4.78 is 10.4. The summed E-state index contributed by atoms with van der Waals surface area (Å²) in [5.41, 5.74) is 3.38. The van der Waals surface area contributed by atoms with Crippen molar-refractivity contribution in [1.29, 1.82) is 0 Å². The van der Waals surface area contributed by atoms with Crippen LogP contribution in [0.15, 0.2) is 29.3 Å². The molecule has 27 heavy (non-hydrogen) atoms. The fraction of sp³-hybridized carbons (Fsp3) is 0.368. The Labute approximate surface area is 171 Å². The first kappa shape index (κ1) is 19.0. The second kappa shape index (κ2) is 7.97. The molecule has 1 aromatic carbocycles. The number of carbonyl (C=O) groups is 1. The van der Waals surface area contributed by atoms with Crippen molar-refractivity contribution in [2.75, 3.05) is 33.4 Å². The van der Waals surface area contributed by atoms with E-state index >= 15 is 0 Å². The SMILES string of the molecule is COC(=O)c1ncc(-c2ccc(Cl)c(Cl)c2)c2c1SC(N1CCOCC1)C2. The monoisotopic (exact) mass is 424 g/mol. The Kier molecular flexibility index (Phi) is 5.62. The van der Waals surface area contributed by atoms with Crippen molar-refractivity contribution in [2.24, 2.45) is 0 Å². The number of carbonyl (C=O) groups excluding carboxylic acids is 1. The van der Waals surface area contributed by atoms with Gasteiger partial charge in [0.2, 0.25) is 0 Å². The Balaban J connectivity index is 1.76. The van der Waals surface area contributed by atoms with Gasteiger partial charge in [0.05, 0.1) is 35.7 Å². The number of methoxy groups -OCH3 is 1. The summed E-state index contributed by atoms with van der Waals surface area (Å²) in [5.74, 6) is -0.415. The van der Waals surface area contributed by atoms with E-state index in [9.17, 15) is 4.79 Å². The molecule has 1 fully saturated rings. The molecular weight excluding hydrogens is 407 g/mol. The second-order valence-electron chi connectivity index (χ2n) is 6.37. The molecule has 3 heterocycles. The lowest BCUT2D eigenvalue weighted by atomic mass is 9.98. The first-order valence-corrected chi connectivity index (χ1v) is 10.3. The van der Waals surface area contributed by atoms with E-state index < -0.39 is 5.97 Å². The summed E-state index contributed by atoms with van der Waals surface area (Å²) in [4.78, 5) is 19.9. The minimum Gasteiger partial charge on any atom is -0.464 e. The summed E-state index contributed by atoms with van der Waals surface area (Å²) in [6.07, 6.45) is 2.55. The van der Waals surface area contributed by atoms with Gasteiger partial charge < -0.3 is 9.47 Å². The highest BCUT2D eigenvalue weighted by Crippen LogP contribution is 2.45. The normalized spacial score (nSPS) is 19.7. The van der Waals surface area contributed by atoms with Crippen molar-refractivity contribution < 1.29 is 14.3 Å². The third kappa shape index (κ3) is 3.69. The van der Waals surface area contributed by atoms with E-state index in [2.05, 4.69) is 9.88 Å². The number of thioether (sulfide) groups is 1. The predicted octanol–water partition coefficient (Wildman–Crippen LogP) is 4.15. The van der Waals surface area contributed by atoms with Gasteiger partial charge in [-0.15, -0.1) is 11.8 Å². The largest absolute Gasteiger partial charge is 0.464 e. The molecule has 2 aromatic rings. The lowest BCUT2D eigenvalue weighted by Crippen LogP contribution is -2.41. The Morgan fingerprint density at radius 3 is 2.78 bits per heavy atom. The van der Waals surface area contributed by atoms with Crippen LogP contribution in [0.5, 0.6) is 0 Å². The Morgan fingerprint density at radius 2 is 2.07 bits per heavy atom. The Bertz CT molecular complexity index is 887. The van der Waals surface area contributed by atoms with Gasteiger partial charge in [-0.05, 0) is 29.7 Å². The zero-order chi connectivity index (χ0) is 19.0. The second-order valence-corrected chi connectivity index (χ2v) is 8.38. The standard InChI is InChI=1S/C19H18Cl2N2O3S/c1-25-19(24)17-18-12(9-16(27-18)23-4-6-26-7-5-23)13(10-22-17)11-2-3-14(20)15(21)8-11/h2-3,8,10,16H,4-7,9H2,1H3. The van der Waals surface area contributed by atoms with Crippen LogP contribution in [0.1, 0.15) is 16.1 Å². The van der Waals surface area contributed by atoms with E-state index in [1.807, 2.05) is 12.1 Å². The van der Waals surface area contributed by atoms with Crippen LogP contribution in [0.25, 0.3) is 11.1 Å². The molecule has 8 heteroatoms. The minimum atomic E-state index is -0.415. The van der Waals surface area contributed by atoms with Gasteiger partial charge in [0, 0.05) is 29.7 Å². The molecule has 0 saturated carbocycles. The van der Waals surface area contributed by atoms with Gasteiger partial charge in [0.15, 0.2) is 5.69 Å². The van der Waals surface area contributed by atoms with Crippen LogP contribution in [-0.2, 0) is 15.9 Å². The minimum absolute atomic E-state index is 0.248. The van der Waals surface area contributed by atoms with E-state index in [1.54, 1.807) is 24.0 Å². The van der Waals surface area contributed by atoms with E-state index in [-0.39, 0.29) is 5.37 Å². The lowest BCUT2D eigenvalue weighted by Gasteiger charge is -2.31. The molecule has 4 rings (SSSR count). The molecule has 1 aromatic heterocycles. The van der Waals surface area contributed by atoms with Gasteiger partial charge in [-0.3, -0.25) is 4.90 Å². The average molecular weight is 425 g/mol. The summed E-state index contributed by atoms with van der Waals surface area (Å²) >= 11 is 14.0. The summed E-state index contributed by atoms with van der Waals surface area (Å²) in [6, 6.07) is 5.54. The van der Waals surface area contributed by atoms with Gasteiger partial charge in [0.1, 0.15) is 0 Å². The number of rotatable bonds is 3. The Morgan fingerprint density at radius 1 is 1.30 bits per heavy atom. The maximum absolute atomic E-state index is 12.2. The van der Waals surface area contributed by atoms with E-state index in [0.29, 0.717) is 15.7 Å². The van der Waals surface area contributed by atoms with Crippen LogP contribution >= 0.6 is 35.0 Å². The molecule has 1 unspecified atom stereocenters. The van der Waals surface area contributed by atoms with Crippen LogP contribution in [-0.4, -0.2) is 54.6 Å². The number of aromatic nitrogens is 1. The highest BCUT2D eigenvalue weighted by atomic mass is 35.5. The number of fused-ring (bicyclic) bond motifs is 1. The summed E-state index contributed by atoms with van der Waals surface area (Å²) in [6.45, 7) is 3.23. The van der Waals surface area contributed by atoms with Crippen LogP contribution in [0.2, 0.25) is 10.0 Å². The topological polar surface area (TPSA) is 51.7 Å². The van der Waals surface area contributed by atoms with E-state index in [1.165, 1.54) is 7.11 Å².